The van der Waals surface area contributed by atoms with E-state index in [9.17, 15) is 29.3 Å². The first-order valence-corrected chi connectivity index (χ1v) is 7.93. The first-order chi connectivity index (χ1) is 13.2. The van der Waals surface area contributed by atoms with Crippen LogP contribution in [0.25, 0.3) is 0 Å². The molecule has 146 valence electrons. The van der Waals surface area contributed by atoms with Crippen LogP contribution in [0.1, 0.15) is 20.7 Å². The molecule has 0 unspecified atom stereocenters. The third kappa shape index (κ3) is 4.71. The predicted octanol–water partition coefficient (Wildman–Crippen LogP) is 0.658. The van der Waals surface area contributed by atoms with Gasteiger partial charge < -0.3 is 4.74 Å². The molecule has 28 heavy (non-hydrogen) atoms. The molecule has 1 heterocycles. The minimum absolute atomic E-state index is 0.102. The lowest BCUT2D eigenvalue weighted by Gasteiger charge is -2.10. The summed E-state index contributed by atoms with van der Waals surface area (Å²) < 4.78 is 5.12. The fraction of sp³-hybridized carbons (Fsp3) is 0.125. The molecule has 2 rings (SSSR count). The molecule has 0 aliphatic rings. The monoisotopic (exact) mass is 408 g/mol. The van der Waals surface area contributed by atoms with Crippen molar-refractivity contribution in [2.24, 2.45) is 0 Å². The fourth-order valence-electron chi connectivity index (χ4n) is 2.13. The van der Waals surface area contributed by atoms with Gasteiger partial charge in [0, 0.05) is 12.3 Å². The zero-order chi connectivity index (χ0) is 20.8. The smallest absolute Gasteiger partial charge is 0.339 e. The highest BCUT2D eigenvalue weighted by molar-refractivity contribution is 6.33. The number of methoxy groups -OCH3 is 1. The number of halogens is 1. The number of carbonyl (C=O) groups is 3. The van der Waals surface area contributed by atoms with Gasteiger partial charge in [-0.1, -0.05) is 23.7 Å². The van der Waals surface area contributed by atoms with E-state index < -0.39 is 40.5 Å². The van der Waals surface area contributed by atoms with Crippen LogP contribution >= 0.6 is 11.6 Å². The summed E-state index contributed by atoms with van der Waals surface area (Å²) >= 11 is 5.87. The molecule has 0 aliphatic carbocycles. The van der Waals surface area contributed by atoms with Crippen molar-refractivity contribution < 1.29 is 24.0 Å². The Balaban J connectivity index is 2.17. The second kappa shape index (κ2) is 8.77. The predicted molar refractivity (Wildman–Crippen MR) is 95.8 cm³/mol. The molecule has 0 aliphatic heterocycles. The van der Waals surface area contributed by atoms with Crippen LogP contribution in [0.15, 0.2) is 41.3 Å². The number of benzene rings is 1. The number of nitrogens with one attached hydrogen (secondary N) is 2. The van der Waals surface area contributed by atoms with E-state index >= 15 is 0 Å². The lowest BCUT2D eigenvalue weighted by molar-refractivity contribution is -0.386. The van der Waals surface area contributed by atoms with Crippen LogP contribution in [0.3, 0.4) is 0 Å². The Morgan fingerprint density at radius 1 is 1.25 bits per heavy atom. The number of esters is 1. The molecule has 12 heteroatoms. The normalized spacial score (nSPS) is 10.1. The number of aromatic nitrogens is 1. The van der Waals surface area contributed by atoms with Crippen molar-refractivity contribution in [1.82, 2.24) is 15.4 Å². The van der Waals surface area contributed by atoms with Crippen molar-refractivity contribution in [3.63, 3.8) is 0 Å². The standard InChI is InChI=1S/C16H13ClN4O7/c1-28-16(25)9-6-12(21(26)27)15(24)20(7-9)8-13(22)18-19-14(23)10-4-2-3-5-11(10)17/h2-7H,8H2,1H3,(H,18,22)(H,19,23). The summed E-state index contributed by atoms with van der Waals surface area (Å²) in [5, 5.41) is 11.2. The van der Waals surface area contributed by atoms with Crippen LogP contribution in [0, 0.1) is 10.1 Å². The molecular formula is C16H13ClN4O7. The van der Waals surface area contributed by atoms with Gasteiger partial charge in [0.05, 0.1) is 28.2 Å². The van der Waals surface area contributed by atoms with E-state index in [1.54, 1.807) is 12.1 Å². The summed E-state index contributed by atoms with van der Waals surface area (Å²) in [5.41, 5.74) is 1.95. The molecule has 0 saturated carbocycles. The average molecular weight is 409 g/mol. The number of amides is 2. The lowest BCUT2D eigenvalue weighted by atomic mass is 10.2. The van der Waals surface area contributed by atoms with Crippen molar-refractivity contribution in [1.29, 1.82) is 0 Å². The van der Waals surface area contributed by atoms with Gasteiger partial charge in [0.1, 0.15) is 6.54 Å². The van der Waals surface area contributed by atoms with E-state index in [0.717, 1.165) is 19.4 Å². The Labute approximate surface area is 162 Å². The van der Waals surface area contributed by atoms with E-state index in [-0.39, 0.29) is 16.1 Å². The summed E-state index contributed by atoms with van der Waals surface area (Å²) in [5.74, 6) is -2.51. The zero-order valence-corrected chi connectivity index (χ0v) is 15.1. The number of hydrazine groups is 1. The van der Waals surface area contributed by atoms with Crippen molar-refractivity contribution in [2.75, 3.05) is 7.11 Å². The van der Waals surface area contributed by atoms with E-state index in [4.69, 9.17) is 11.6 Å². The van der Waals surface area contributed by atoms with Crippen molar-refractivity contribution >= 4 is 35.1 Å². The Morgan fingerprint density at radius 3 is 2.54 bits per heavy atom. The highest BCUT2D eigenvalue weighted by atomic mass is 35.5. The number of nitro groups is 1. The molecule has 11 nitrogen and oxygen atoms in total. The molecule has 2 amide bonds. The van der Waals surface area contributed by atoms with Crippen LogP contribution in [0.2, 0.25) is 5.02 Å². The van der Waals surface area contributed by atoms with E-state index in [1.807, 2.05) is 0 Å². The van der Waals surface area contributed by atoms with Crippen molar-refractivity contribution in [2.45, 2.75) is 6.54 Å². The van der Waals surface area contributed by atoms with E-state index in [1.165, 1.54) is 12.1 Å². The molecule has 0 saturated heterocycles. The summed E-state index contributed by atoms with van der Waals surface area (Å²) in [6.45, 7) is -0.701. The maximum absolute atomic E-state index is 12.1. The molecule has 0 radical (unpaired) electrons. The lowest BCUT2D eigenvalue weighted by Crippen LogP contribution is -2.44. The molecule has 1 aromatic heterocycles. The zero-order valence-electron chi connectivity index (χ0n) is 14.3. The van der Waals surface area contributed by atoms with Gasteiger partial charge in [-0.15, -0.1) is 0 Å². The summed E-state index contributed by atoms with van der Waals surface area (Å²) in [6.07, 6.45) is 0.941. The van der Waals surface area contributed by atoms with Gasteiger partial charge in [0.2, 0.25) is 0 Å². The molecule has 2 aromatic rings. The van der Waals surface area contributed by atoms with Crippen LogP contribution < -0.4 is 16.4 Å². The van der Waals surface area contributed by atoms with Gasteiger partial charge >= 0.3 is 17.2 Å². The van der Waals surface area contributed by atoms with Gasteiger partial charge in [-0.05, 0) is 12.1 Å². The molecule has 0 spiro atoms. The number of hydrogen-bond donors (Lipinski definition) is 2. The third-order valence-electron chi connectivity index (χ3n) is 3.43. The number of pyridine rings is 1. The Hall–Kier alpha value is -3.73. The molecule has 1 aromatic carbocycles. The van der Waals surface area contributed by atoms with Gasteiger partial charge in [-0.2, -0.15) is 0 Å². The number of nitrogens with zero attached hydrogens (tertiary/aromatic N) is 2. The van der Waals surface area contributed by atoms with Crippen LogP contribution in [0.5, 0.6) is 0 Å². The van der Waals surface area contributed by atoms with Gasteiger partial charge in [-0.3, -0.25) is 39.9 Å². The highest BCUT2D eigenvalue weighted by Crippen LogP contribution is 2.14. The third-order valence-corrected chi connectivity index (χ3v) is 3.76. The molecule has 2 N–H and O–H groups in total. The van der Waals surface area contributed by atoms with Gasteiger partial charge in [0.25, 0.3) is 11.8 Å². The van der Waals surface area contributed by atoms with Crippen LogP contribution in [-0.2, 0) is 16.1 Å². The molecule has 0 atom stereocenters. The van der Waals surface area contributed by atoms with Crippen molar-refractivity contribution in [3.8, 4) is 0 Å². The minimum Gasteiger partial charge on any atom is -0.465 e. The first-order valence-electron chi connectivity index (χ1n) is 7.55. The second-order valence-corrected chi connectivity index (χ2v) is 5.69. The minimum atomic E-state index is -1.11. The maximum atomic E-state index is 12.1. The fourth-order valence-corrected chi connectivity index (χ4v) is 2.35. The quantitative estimate of drug-likeness (QED) is 0.419. The Morgan fingerprint density at radius 2 is 1.93 bits per heavy atom. The molecule has 0 bridgehead atoms. The number of ether oxygens (including phenoxy) is 1. The SMILES string of the molecule is COC(=O)c1cc([N+](=O)[O-])c(=O)n(CC(=O)NNC(=O)c2ccccc2Cl)c1. The van der Waals surface area contributed by atoms with Crippen molar-refractivity contribution in [3.05, 3.63) is 73.1 Å². The summed E-state index contributed by atoms with van der Waals surface area (Å²) in [7, 11) is 1.06. The molecule has 0 fully saturated rings. The number of rotatable bonds is 5. The van der Waals surface area contributed by atoms with Gasteiger partial charge in [-0.25, -0.2) is 4.79 Å². The second-order valence-electron chi connectivity index (χ2n) is 5.28. The largest absolute Gasteiger partial charge is 0.465 e. The van der Waals surface area contributed by atoms with Crippen LogP contribution in [0.4, 0.5) is 5.69 Å². The summed E-state index contributed by atoms with van der Waals surface area (Å²) in [4.78, 5) is 57.7. The first kappa shape index (κ1) is 20.6. The van der Waals surface area contributed by atoms with E-state index in [2.05, 4.69) is 15.6 Å². The topological polar surface area (TPSA) is 150 Å². The number of carbonyl (C=O) groups excluding carboxylic acids is 3. The maximum Gasteiger partial charge on any atom is 0.339 e. The van der Waals surface area contributed by atoms with E-state index in [0.29, 0.717) is 4.57 Å². The highest BCUT2D eigenvalue weighted by Gasteiger charge is 2.21. The number of hydrogen-bond acceptors (Lipinski definition) is 7. The Kier molecular flexibility index (Phi) is 6.45. The Bertz CT molecular complexity index is 1020. The molecular weight excluding hydrogens is 396 g/mol. The average Bonchev–Trinajstić information content (AvgIpc) is 2.67. The van der Waals surface area contributed by atoms with Gasteiger partial charge in [0.15, 0.2) is 0 Å². The summed E-state index contributed by atoms with van der Waals surface area (Å²) in [6, 6.07) is 6.85. The van der Waals surface area contributed by atoms with Crippen LogP contribution in [-0.4, -0.2) is 34.4 Å².